The van der Waals surface area contributed by atoms with E-state index in [2.05, 4.69) is 4.99 Å². The van der Waals surface area contributed by atoms with Crippen LogP contribution in [0.3, 0.4) is 0 Å². The van der Waals surface area contributed by atoms with Gasteiger partial charge in [-0.2, -0.15) is 5.12 Å². The van der Waals surface area contributed by atoms with Gasteiger partial charge >= 0.3 is 0 Å². The normalized spacial score (nSPS) is 16.7. The average Bonchev–Trinajstić information content (AvgIpc) is 2.74. The van der Waals surface area contributed by atoms with E-state index in [-0.39, 0.29) is 17.4 Å². The summed E-state index contributed by atoms with van der Waals surface area (Å²) in [5, 5.41) is 19.5. The number of amidine groups is 2. The summed E-state index contributed by atoms with van der Waals surface area (Å²) < 4.78 is 0. The summed E-state index contributed by atoms with van der Waals surface area (Å²) >= 11 is 5.84. The predicted octanol–water partition coefficient (Wildman–Crippen LogP) is 2.98. The van der Waals surface area contributed by atoms with E-state index < -0.39 is 0 Å². The number of benzene rings is 2. The molecule has 0 aromatic heterocycles. The molecule has 0 unspecified atom stereocenters. The molecule has 0 spiro atoms. The Balaban J connectivity index is 1.99. The van der Waals surface area contributed by atoms with E-state index in [1.54, 1.807) is 24.3 Å². The van der Waals surface area contributed by atoms with Gasteiger partial charge in [0, 0.05) is 5.02 Å². The first-order chi connectivity index (χ1) is 10.6. The number of hydrogen-bond donors (Lipinski definition) is 3. The fraction of sp³-hybridized carbons (Fsp3) is 0. The average molecular weight is 313 g/mol. The molecule has 1 heterocycles. The first-order valence-corrected chi connectivity index (χ1v) is 6.88. The second-order valence-electron chi connectivity index (χ2n) is 4.63. The number of nitrogens with zero attached hydrogens (tertiary/aromatic N) is 3. The molecule has 6 nitrogen and oxygen atoms in total. The summed E-state index contributed by atoms with van der Waals surface area (Å²) in [6.07, 6.45) is 0. The van der Waals surface area contributed by atoms with Crippen molar-refractivity contribution in [2.75, 3.05) is 5.01 Å². The third-order valence-electron chi connectivity index (χ3n) is 3.17. The molecule has 22 heavy (non-hydrogen) atoms. The van der Waals surface area contributed by atoms with Crippen molar-refractivity contribution in [3.05, 3.63) is 59.6 Å². The monoisotopic (exact) mass is 312 g/mol. The van der Waals surface area contributed by atoms with E-state index >= 15 is 0 Å². The van der Waals surface area contributed by atoms with E-state index in [4.69, 9.17) is 28.3 Å². The molecule has 1 saturated heterocycles. The number of nitrogens with two attached hydrogens (primary N) is 1. The van der Waals surface area contributed by atoms with Gasteiger partial charge in [-0.05, 0) is 36.4 Å². The molecule has 3 rings (SSSR count). The van der Waals surface area contributed by atoms with Crippen molar-refractivity contribution < 1.29 is 0 Å². The Morgan fingerprint density at radius 1 is 0.909 bits per heavy atom. The number of anilines is 1. The highest BCUT2D eigenvalue weighted by molar-refractivity contribution is 6.72. The Kier molecular flexibility index (Phi) is 3.62. The quantitative estimate of drug-likeness (QED) is 0.744. The van der Waals surface area contributed by atoms with Crippen LogP contribution in [0.1, 0.15) is 0 Å². The smallest absolute Gasteiger partial charge is 0.187 e. The first-order valence-electron chi connectivity index (χ1n) is 6.50. The maximum Gasteiger partial charge on any atom is 0.187 e. The van der Waals surface area contributed by atoms with Crippen LogP contribution in [0.4, 0.5) is 11.4 Å². The Morgan fingerprint density at radius 3 is 2.18 bits per heavy atom. The standard InChI is InChI=1S/C15H13ClN6/c16-10-6-8-11(9-7-10)20-13-14(17)21(22(19)15(13)18)12-4-2-1-3-5-12/h1-9,17-18H,19H2. The molecule has 0 bridgehead atoms. The van der Waals surface area contributed by atoms with E-state index in [0.29, 0.717) is 16.4 Å². The molecule has 4 N–H and O–H groups in total. The fourth-order valence-electron chi connectivity index (χ4n) is 2.10. The SMILES string of the molecule is N=C1C(=Nc2ccc(Cl)cc2)C(=N)N(c2ccccc2)N1N. The van der Waals surface area contributed by atoms with Crippen LogP contribution in [0.5, 0.6) is 0 Å². The maximum atomic E-state index is 8.26. The second kappa shape index (κ2) is 5.59. The van der Waals surface area contributed by atoms with E-state index in [1.807, 2.05) is 30.3 Å². The number of aliphatic imine (C=N–C) groups is 1. The third-order valence-corrected chi connectivity index (χ3v) is 3.43. The summed E-state index contributed by atoms with van der Waals surface area (Å²) in [6, 6.07) is 16.0. The molecule has 7 heteroatoms. The van der Waals surface area contributed by atoms with Crippen molar-refractivity contribution in [1.82, 2.24) is 5.12 Å². The highest BCUT2D eigenvalue weighted by Gasteiger charge is 2.36. The number of hydrazine groups is 2. The van der Waals surface area contributed by atoms with Gasteiger partial charge in [0.15, 0.2) is 17.4 Å². The van der Waals surface area contributed by atoms with Gasteiger partial charge < -0.3 is 0 Å². The Bertz CT molecular complexity index is 753. The molecule has 0 saturated carbocycles. The highest BCUT2D eigenvalue weighted by atomic mass is 35.5. The van der Waals surface area contributed by atoms with Gasteiger partial charge in [-0.25, -0.2) is 15.8 Å². The van der Waals surface area contributed by atoms with Crippen LogP contribution in [0, 0.1) is 10.8 Å². The number of halogens is 1. The van der Waals surface area contributed by atoms with Gasteiger partial charge in [0.05, 0.1) is 11.4 Å². The van der Waals surface area contributed by atoms with Gasteiger partial charge in [0.1, 0.15) is 0 Å². The van der Waals surface area contributed by atoms with Gasteiger partial charge in [0.25, 0.3) is 0 Å². The minimum absolute atomic E-state index is 0.0381. The maximum absolute atomic E-state index is 8.26. The lowest BCUT2D eigenvalue weighted by molar-refractivity contribution is 0.474. The molecular weight excluding hydrogens is 300 g/mol. The molecule has 0 atom stereocenters. The molecule has 2 aromatic rings. The highest BCUT2D eigenvalue weighted by Crippen LogP contribution is 2.23. The molecule has 1 aliphatic heterocycles. The number of rotatable bonds is 2. The zero-order valence-corrected chi connectivity index (χ0v) is 12.2. The summed E-state index contributed by atoms with van der Waals surface area (Å²) in [6.45, 7) is 0. The Hall–Kier alpha value is -2.70. The molecule has 0 amide bonds. The zero-order chi connectivity index (χ0) is 15.7. The third kappa shape index (κ3) is 2.45. The van der Waals surface area contributed by atoms with Crippen molar-refractivity contribution in [2.45, 2.75) is 0 Å². The van der Waals surface area contributed by atoms with Crippen molar-refractivity contribution in [3.8, 4) is 0 Å². The van der Waals surface area contributed by atoms with Crippen LogP contribution in [0.2, 0.25) is 5.02 Å². The van der Waals surface area contributed by atoms with Crippen LogP contribution in [-0.4, -0.2) is 22.5 Å². The largest absolute Gasteiger partial charge is 0.281 e. The van der Waals surface area contributed by atoms with E-state index in [9.17, 15) is 0 Å². The molecule has 110 valence electrons. The summed E-state index contributed by atoms with van der Waals surface area (Å²) in [7, 11) is 0. The number of nitrogens with one attached hydrogen (secondary N) is 2. The van der Waals surface area contributed by atoms with Crippen LogP contribution in [0.15, 0.2) is 59.6 Å². The first kappa shape index (κ1) is 14.2. The van der Waals surface area contributed by atoms with E-state index in [1.165, 1.54) is 5.01 Å². The summed E-state index contributed by atoms with van der Waals surface area (Å²) in [5.74, 6) is 5.92. The van der Waals surface area contributed by atoms with E-state index in [0.717, 1.165) is 5.12 Å². The minimum atomic E-state index is -0.0381. The van der Waals surface area contributed by atoms with Gasteiger partial charge in [-0.3, -0.25) is 10.8 Å². The lowest BCUT2D eigenvalue weighted by atomic mass is 10.2. The number of hydrogen-bond acceptors (Lipinski definition) is 4. The fourth-order valence-corrected chi connectivity index (χ4v) is 2.23. The predicted molar refractivity (Wildman–Crippen MR) is 88.9 cm³/mol. The van der Waals surface area contributed by atoms with Gasteiger partial charge in [0.2, 0.25) is 0 Å². The molecule has 0 radical (unpaired) electrons. The second-order valence-corrected chi connectivity index (χ2v) is 5.06. The van der Waals surface area contributed by atoms with Gasteiger partial charge in [-0.15, -0.1) is 0 Å². The Morgan fingerprint density at radius 2 is 1.55 bits per heavy atom. The van der Waals surface area contributed by atoms with Crippen molar-refractivity contribution >= 4 is 40.4 Å². The Labute approximate surface area is 132 Å². The zero-order valence-electron chi connectivity index (χ0n) is 11.5. The lowest BCUT2D eigenvalue weighted by Crippen LogP contribution is -2.45. The van der Waals surface area contributed by atoms with Crippen LogP contribution < -0.4 is 10.9 Å². The minimum Gasteiger partial charge on any atom is -0.281 e. The van der Waals surface area contributed by atoms with Crippen molar-refractivity contribution in [3.63, 3.8) is 0 Å². The summed E-state index contributed by atoms with van der Waals surface area (Å²) in [5.41, 5.74) is 1.51. The van der Waals surface area contributed by atoms with Crippen LogP contribution in [0.25, 0.3) is 0 Å². The molecular formula is C15H13ClN6. The van der Waals surface area contributed by atoms with Crippen LogP contribution >= 0.6 is 11.6 Å². The molecule has 2 aromatic carbocycles. The number of para-hydroxylation sites is 1. The van der Waals surface area contributed by atoms with Crippen molar-refractivity contribution in [1.29, 1.82) is 10.8 Å². The molecule has 1 fully saturated rings. The lowest BCUT2D eigenvalue weighted by Gasteiger charge is -2.24. The summed E-state index contributed by atoms with van der Waals surface area (Å²) in [4.78, 5) is 4.33. The molecule has 0 aliphatic carbocycles. The van der Waals surface area contributed by atoms with Crippen LogP contribution in [-0.2, 0) is 0 Å². The van der Waals surface area contributed by atoms with Crippen molar-refractivity contribution in [2.24, 2.45) is 10.8 Å². The topological polar surface area (TPSA) is 92.6 Å². The van der Waals surface area contributed by atoms with Gasteiger partial charge in [-0.1, -0.05) is 29.8 Å². The molecule has 1 aliphatic rings.